The van der Waals surface area contributed by atoms with Crippen molar-refractivity contribution in [3.8, 4) is 23.0 Å². The lowest BCUT2D eigenvalue weighted by atomic mass is 10.2. The Kier molecular flexibility index (Phi) is 6.10. The van der Waals surface area contributed by atoms with Gasteiger partial charge in [0, 0.05) is 12.1 Å². The van der Waals surface area contributed by atoms with Gasteiger partial charge in [-0.15, -0.1) is 5.10 Å². The zero-order valence-electron chi connectivity index (χ0n) is 16.0. The molecule has 0 radical (unpaired) electrons. The monoisotopic (exact) mass is 387 g/mol. The predicted octanol–water partition coefficient (Wildman–Crippen LogP) is 3.14. The van der Waals surface area contributed by atoms with E-state index in [9.17, 15) is 9.18 Å². The molecular formula is C20H22FN3O4. The maximum Gasteiger partial charge on any atom is 0.438 e. The van der Waals surface area contributed by atoms with Crippen molar-refractivity contribution in [2.75, 3.05) is 20.8 Å². The molecule has 3 rings (SSSR count). The summed E-state index contributed by atoms with van der Waals surface area (Å²) >= 11 is 0. The maximum atomic E-state index is 13.0. The number of rotatable bonds is 8. The number of halogens is 1. The maximum absolute atomic E-state index is 13.0. The molecule has 7 nitrogen and oxygen atoms in total. The molecular weight excluding hydrogens is 365 g/mol. The second-order valence-electron chi connectivity index (χ2n) is 6.25. The van der Waals surface area contributed by atoms with E-state index in [1.807, 2.05) is 37.1 Å². The molecule has 1 heterocycles. The fraction of sp³-hybridized carbons (Fsp3) is 0.300. The molecule has 3 aromatic rings. The zero-order valence-corrected chi connectivity index (χ0v) is 16.0. The van der Waals surface area contributed by atoms with E-state index in [0.717, 1.165) is 5.56 Å². The quantitative estimate of drug-likeness (QED) is 0.591. The number of hydrogen-bond donors (Lipinski definition) is 0. The van der Waals surface area contributed by atoms with Crippen molar-refractivity contribution in [3.63, 3.8) is 0 Å². The Balaban J connectivity index is 1.70. The Labute approximate surface area is 161 Å². The van der Waals surface area contributed by atoms with Gasteiger partial charge in [0.15, 0.2) is 11.5 Å². The van der Waals surface area contributed by atoms with Crippen molar-refractivity contribution in [1.29, 1.82) is 0 Å². The number of hydrogen-bond acceptors (Lipinski definition) is 6. The van der Waals surface area contributed by atoms with Gasteiger partial charge in [0.2, 0.25) is 5.89 Å². The first-order chi connectivity index (χ1) is 13.5. The molecule has 0 bridgehead atoms. The first kappa shape index (κ1) is 19.6. The van der Waals surface area contributed by atoms with Crippen LogP contribution in [0.5, 0.6) is 11.5 Å². The number of benzene rings is 2. The van der Waals surface area contributed by atoms with Crippen LogP contribution in [0.15, 0.2) is 51.7 Å². The molecule has 0 aliphatic heterocycles. The fourth-order valence-electron chi connectivity index (χ4n) is 2.78. The number of ether oxygens (including phenoxy) is 2. The molecule has 0 aliphatic carbocycles. The normalized spacial score (nSPS) is 11.0. The second-order valence-corrected chi connectivity index (χ2v) is 6.25. The van der Waals surface area contributed by atoms with Crippen molar-refractivity contribution in [3.05, 3.63) is 64.4 Å². The van der Waals surface area contributed by atoms with Crippen molar-refractivity contribution in [2.45, 2.75) is 20.1 Å². The van der Waals surface area contributed by atoms with Crippen molar-refractivity contribution in [1.82, 2.24) is 14.7 Å². The summed E-state index contributed by atoms with van der Waals surface area (Å²) in [5.74, 6) is 0.561. The minimum atomic E-state index is -0.574. The van der Waals surface area contributed by atoms with Gasteiger partial charge in [0.25, 0.3) is 0 Å². The molecule has 0 saturated carbocycles. The van der Waals surface area contributed by atoms with E-state index in [1.54, 1.807) is 7.11 Å². The topological polar surface area (TPSA) is 69.7 Å². The Bertz CT molecular complexity index is 982. The summed E-state index contributed by atoms with van der Waals surface area (Å²) in [7, 11) is 3.46. The Morgan fingerprint density at radius 2 is 1.93 bits per heavy atom. The molecule has 0 amide bonds. The molecule has 2 aromatic carbocycles. The van der Waals surface area contributed by atoms with E-state index in [-0.39, 0.29) is 18.4 Å². The molecule has 148 valence electrons. The average molecular weight is 387 g/mol. The van der Waals surface area contributed by atoms with Gasteiger partial charge in [-0.3, -0.25) is 4.90 Å². The van der Waals surface area contributed by atoms with Crippen LogP contribution in [-0.2, 0) is 13.2 Å². The number of methoxy groups -OCH3 is 1. The molecule has 0 fully saturated rings. The minimum Gasteiger partial charge on any atom is -0.493 e. The van der Waals surface area contributed by atoms with Crippen molar-refractivity contribution < 1.29 is 18.3 Å². The van der Waals surface area contributed by atoms with E-state index in [0.29, 0.717) is 30.2 Å². The van der Waals surface area contributed by atoms with Gasteiger partial charge in [-0.05, 0) is 55.9 Å². The van der Waals surface area contributed by atoms with E-state index >= 15 is 0 Å². The fourth-order valence-corrected chi connectivity index (χ4v) is 2.78. The van der Waals surface area contributed by atoms with Crippen LogP contribution >= 0.6 is 0 Å². The molecule has 0 aliphatic rings. The van der Waals surface area contributed by atoms with Crippen molar-refractivity contribution in [2.24, 2.45) is 0 Å². The first-order valence-electron chi connectivity index (χ1n) is 8.82. The third-order valence-corrected chi connectivity index (χ3v) is 4.05. The largest absolute Gasteiger partial charge is 0.493 e. The van der Waals surface area contributed by atoms with Crippen LogP contribution in [0.4, 0.5) is 4.39 Å². The predicted molar refractivity (Wildman–Crippen MR) is 102 cm³/mol. The van der Waals surface area contributed by atoms with Gasteiger partial charge in [-0.1, -0.05) is 6.07 Å². The third-order valence-electron chi connectivity index (χ3n) is 4.05. The smallest absolute Gasteiger partial charge is 0.438 e. The zero-order chi connectivity index (χ0) is 20.1. The summed E-state index contributed by atoms with van der Waals surface area (Å²) in [5, 5.41) is 4.19. The van der Waals surface area contributed by atoms with Gasteiger partial charge < -0.3 is 13.9 Å². The molecule has 28 heavy (non-hydrogen) atoms. The van der Waals surface area contributed by atoms with Crippen molar-refractivity contribution >= 4 is 0 Å². The second kappa shape index (κ2) is 8.71. The lowest BCUT2D eigenvalue weighted by molar-refractivity contribution is 0.236. The first-order valence-corrected chi connectivity index (χ1v) is 8.82. The van der Waals surface area contributed by atoms with Gasteiger partial charge in [-0.2, -0.15) is 4.68 Å². The highest BCUT2D eigenvalue weighted by Crippen LogP contribution is 2.28. The standard InChI is InChI=1S/C20H22FN3O4/c1-4-27-17-10-5-14(11-18(17)26-3)12-23(2)13-24-20(25)28-19(22-24)15-6-8-16(21)9-7-15/h5-11H,4,12-13H2,1-3H3. The summed E-state index contributed by atoms with van der Waals surface area (Å²) in [6.07, 6.45) is 0. The summed E-state index contributed by atoms with van der Waals surface area (Å²) in [5.41, 5.74) is 1.54. The summed E-state index contributed by atoms with van der Waals surface area (Å²) in [6, 6.07) is 11.3. The summed E-state index contributed by atoms with van der Waals surface area (Å²) in [6.45, 7) is 3.27. The van der Waals surface area contributed by atoms with Gasteiger partial charge in [-0.25, -0.2) is 9.18 Å². The summed E-state index contributed by atoms with van der Waals surface area (Å²) in [4.78, 5) is 14.0. The molecule has 0 atom stereocenters. The van der Waals surface area contributed by atoms with Crippen LogP contribution in [0.25, 0.3) is 11.5 Å². The van der Waals surface area contributed by atoms with Gasteiger partial charge in [0.05, 0.1) is 13.7 Å². The highest BCUT2D eigenvalue weighted by Gasteiger charge is 2.13. The lowest BCUT2D eigenvalue weighted by Gasteiger charge is -2.17. The van der Waals surface area contributed by atoms with Crippen LogP contribution < -0.4 is 15.2 Å². The van der Waals surface area contributed by atoms with E-state index in [1.165, 1.54) is 28.9 Å². The molecule has 0 N–H and O–H groups in total. The van der Waals surface area contributed by atoms with Gasteiger partial charge >= 0.3 is 5.76 Å². The number of nitrogens with zero attached hydrogens (tertiary/aromatic N) is 3. The average Bonchev–Trinajstić information content (AvgIpc) is 3.04. The van der Waals surface area contributed by atoms with E-state index in [4.69, 9.17) is 13.9 Å². The Morgan fingerprint density at radius 1 is 1.18 bits per heavy atom. The SMILES string of the molecule is CCOc1ccc(CN(C)Cn2nc(-c3ccc(F)cc3)oc2=O)cc1OC. The van der Waals surface area contributed by atoms with Crippen LogP contribution in [-0.4, -0.2) is 35.4 Å². The van der Waals surface area contributed by atoms with Crippen LogP contribution in [0, 0.1) is 5.82 Å². The third kappa shape index (κ3) is 4.58. The van der Waals surface area contributed by atoms with Crippen LogP contribution in [0.3, 0.4) is 0 Å². The highest BCUT2D eigenvalue weighted by molar-refractivity contribution is 5.51. The van der Waals surface area contributed by atoms with E-state index in [2.05, 4.69) is 5.10 Å². The van der Waals surface area contributed by atoms with Gasteiger partial charge in [0.1, 0.15) is 12.5 Å². The van der Waals surface area contributed by atoms with Crippen LogP contribution in [0.1, 0.15) is 12.5 Å². The number of aromatic nitrogens is 2. The summed E-state index contributed by atoms with van der Waals surface area (Å²) < 4.78 is 30.3. The molecule has 0 spiro atoms. The Morgan fingerprint density at radius 3 is 2.61 bits per heavy atom. The molecule has 0 saturated heterocycles. The molecule has 0 unspecified atom stereocenters. The van der Waals surface area contributed by atoms with E-state index < -0.39 is 5.76 Å². The lowest BCUT2D eigenvalue weighted by Crippen LogP contribution is -2.28. The highest BCUT2D eigenvalue weighted by atomic mass is 19.1. The molecule has 8 heteroatoms. The minimum absolute atomic E-state index is 0.154. The Hall–Kier alpha value is -3.13. The molecule has 1 aromatic heterocycles. The van der Waals surface area contributed by atoms with Crippen LogP contribution in [0.2, 0.25) is 0 Å².